The van der Waals surface area contributed by atoms with Crippen LogP contribution in [0.25, 0.3) is 11.4 Å². The average Bonchev–Trinajstić information content (AvgIpc) is 3.90. The van der Waals surface area contributed by atoms with Gasteiger partial charge >= 0.3 is 0 Å². The van der Waals surface area contributed by atoms with E-state index in [2.05, 4.69) is 78.3 Å². The number of aliphatic hydroxyl groups is 1. The van der Waals surface area contributed by atoms with Crippen molar-refractivity contribution in [2.24, 2.45) is 10.9 Å². The number of halogens is 1. The Balaban J connectivity index is 0.000000643. The Kier molecular flexibility index (Phi) is 21.5. The number of likely N-dealkylation sites (tertiary alicyclic amines) is 1. The number of ether oxygens (including phenoxy) is 1. The predicted molar refractivity (Wildman–Crippen MR) is 219 cm³/mol. The number of unbranched alkanes of at least 4 members (excludes halogenated alkanes) is 3. The summed E-state index contributed by atoms with van der Waals surface area (Å²) in [6, 6.07) is 1.81. The number of nitrogens with zero attached hydrogens (tertiary/aromatic N) is 3. The summed E-state index contributed by atoms with van der Waals surface area (Å²) < 4.78 is 20.5. The molecule has 0 saturated carbocycles. The van der Waals surface area contributed by atoms with E-state index in [4.69, 9.17) is 15.5 Å². The van der Waals surface area contributed by atoms with Crippen molar-refractivity contribution in [3.8, 4) is 6.07 Å². The zero-order chi connectivity index (χ0) is 38.7. The van der Waals surface area contributed by atoms with Crippen LogP contribution in [0.2, 0.25) is 0 Å². The third-order valence-corrected chi connectivity index (χ3v) is 10.0. The number of anilines is 1. The van der Waals surface area contributed by atoms with E-state index in [-0.39, 0.29) is 27.8 Å². The number of hydrogen-bond donors (Lipinski definition) is 3. The van der Waals surface area contributed by atoms with E-state index in [1.165, 1.54) is 51.0 Å². The summed E-state index contributed by atoms with van der Waals surface area (Å²) in [6.45, 7) is 29.0. The number of rotatable bonds is 8. The molecule has 4 N–H and O–H groups in total. The smallest absolute Gasteiger partial charge is 0.199 e. The van der Waals surface area contributed by atoms with Gasteiger partial charge in [0.1, 0.15) is 28.7 Å². The van der Waals surface area contributed by atoms with Gasteiger partial charge in [-0.15, -0.1) is 11.3 Å². The quantitative estimate of drug-likeness (QED) is 0.246. The first kappa shape index (κ1) is 45.7. The molecule has 1 aromatic rings. The van der Waals surface area contributed by atoms with Gasteiger partial charge in [-0.25, -0.2) is 9.38 Å². The molecule has 1 saturated heterocycles. The number of nitrogen functional groups attached to an aromatic ring is 1. The summed E-state index contributed by atoms with van der Waals surface area (Å²) in [4.78, 5) is 7.31. The van der Waals surface area contributed by atoms with Gasteiger partial charge in [0.25, 0.3) is 0 Å². The van der Waals surface area contributed by atoms with Crippen molar-refractivity contribution in [3.05, 3.63) is 62.9 Å². The van der Waals surface area contributed by atoms with Crippen molar-refractivity contribution in [1.29, 1.82) is 5.26 Å². The lowest BCUT2D eigenvalue weighted by molar-refractivity contribution is 0.206. The maximum Gasteiger partial charge on any atom is 0.199 e. The second kappa shape index (κ2) is 24.0. The number of aliphatic imine (C=N–C) groups is 1. The first-order chi connectivity index (χ1) is 24.5. The molecular formula is C42H68FN5O2S. The monoisotopic (exact) mass is 726 g/mol. The molecule has 2 unspecified atom stereocenters. The van der Waals surface area contributed by atoms with E-state index in [1.54, 1.807) is 6.92 Å². The highest BCUT2D eigenvalue weighted by Crippen LogP contribution is 2.48. The van der Waals surface area contributed by atoms with Gasteiger partial charge in [0, 0.05) is 35.5 Å². The molecule has 1 aromatic heterocycles. The molecule has 0 spiro atoms. The zero-order valence-electron chi connectivity index (χ0n) is 33.6. The maximum absolute atomic E-state index is 14.8. The van der Waals surface area contributed by atoms with Crippen LogP contribution in [0.4, 0.5) is 9.39 Å². The van der Waals surface area contributed by atoms with Gasteiger partial charge in [-0.3, -0.25) is 0 Å². The van der Waals surface area contributed by atoms with Crippen LogP contribution in [-0.4, -0.2) is 47.8 Å². The van der Waals surface area contributed by atoms with E-state index in [0.717, 1.165) is 59.3 Å². The fraction of sp³-hybridized carbons (Fsp3) is 0.619. The number of allylic oxidation sites excluding steroid dienone is 2. The van der Waals surface area contributed by atoms with Crippen LogP contribution >= 0.6 is 11.3 Å². The van der Waals surface area contributed by atoms with Crippen LogP contribution in [0, 0.1) is 17.2 Å². The van der Waals surface area contributed by atoms with Gasteiger partial charge in [0.2, 0.25) is 0 Å². The molecule has 0 aromatic carbocycles. The molecular weight excluding hydrogens is 658 g/mol. The maximum atomic E-state index is 14.8. The first-order valence-electron chi connectivity index (χ1n) is 19.4. The lowest BCUT2D eigenvalue weighted by Crippen LogP contribution is -2.45. The first-order valence-corrected chi connectivity index (χ1v) is 20.2. The number of aliphatic hydroxyl groups excluding tert-OH is 1. The minimum absolute atomic E-state index is 0.0202. The molecule has 0 amide bonds. The van der Waals surface area contributed by atoms with Crippen LogP contribution in [0.3, 0.4) is 0 Å². The summed E-state index contributed by atoms with van der Waals surface area (Å²) >= 11 is 1.00. The Bertz CT molecular complexity index is 1450. The summed E-state index contributed by atoms with van der Waals surface area (Å²) in [5, 5.41) is 24.8. The van der Waals surface area contributed by atoms with Crippen molar-refractivity contribution in [3.63, 3.8) is 0 Å². The largest absolute Gasteiger partial charge is 0.509 e. The molecule has 5 rings (SSSR count). The second-order valence-electron chi connectivity index (χ2n) is 13.3. The molecule has 4 heterocycles. The van der Waals surface area contributed by atoms with E-state index in [0.29, 0.717) is 29.4 Å². The van der Waals surface area contributed by atoms with Crippen LogP contribution in [0.1, 0.15) is 150 Å². The number of guanidine groups is 1. The molecule has 1 aliphatic carbocycles. The van der Waals surface area contributed by atoms with Crippen molar-refractivity contribution < 1.29 is 14.2 Å². The van der Waals surface area contributed by atoms with Gasteiger partial charge in [-0.2, -0.15) is 5.26 Å². The third-order valence-electron chi connectivity index (χ3n) is 9.01. The molecule has 7 nitrogen and oxygen atoms in total. The number of nitrogens with two attached hydrogens (primary N) is 1. The van der Waals surface area contributed by atoms with Gasteiger partial charge in [-0.1, -0.05) is 120 Å². The average molecular weight is 726 g/mol. The Morgan fingerprint density at radius 3 is 2.24 bits per heavy atom. The van der Waals surface area contributed by atoms with Crippen LogP contribution < -0.4 is 11.1 Å². The van der Waals surface area contributed by atoms with E-state index in [9.17, 15) is 14.8 Å². The van der Waals surface area contributed by atoms with E-state index >= 15 is 0 Å². The van der Waals surface area contributed by atoms with Gasteiger partial charge in [-0.05, 0) is 49.3 Å². The number of thiophene rings is 1. The normalized spacial score (nSPS) is 19.0. The molecule has 51 heavy (non-hydrogen) atoms. The third kappa shape index (κ3) is 12.1. The number of nitrogens with one attached hydrogen (secondary N) is 1. The minimum atomic E-state index is -0.632. The van der Waals surface area contributed by atoms with Gasteiger partial charge < -0.3 is 25.8 Å². The van der Waals surface area contributed by atoms with E-state index in [1.807, 2.05) is 20.0 Å². The molecule has 0 radical (unpaired) electrons. The predicted octanol–water partition coefficient (Wildman–Crippen LogP) is 11.9. The topological polar surface area (TPSA) is 107 Å². The molecule has 0 bridgehead atoms. The van der Waals surface area contributed by atoms with Gasteiger partial charge in [0.05, 0.1) is 23.7 Å². The van der Waals surface area contributed by atoms with Crippen LogP contribution in [0.15, 0.2) is 51.9 Å². The Morgan fingerprint density at radius 2 is 1.76 bits per heavy atom. The van der Waals surface area contributed by atoms with Crippen molar-refractivity contribution in [1.82, 2.24) is 10.2 Å². The number of nitriles is 1. The molecule has 3 aliphatic heterocycles. The standard InChI is InChI=1S/C25H26FN5O2S.C7H16.2C4H10.C2H6/c1-4-18(26)23-20(14(8-27)24(28)34-23)13(3)19-17-11-33-10-16(17)15-9-29-25(30-21(15)22(19)32)31-7-5-6-12(31)2;1-4-5-6-7(2)3;2*1-3-4-2;1-2/h4,9,12,21,32H,3,5-7,10-11,28H2,1-2H3,(H,29,30);7H,4-6H2,1-3H3;2*3-4H2,1-2H3;1-2H3/b18-4+;;;;. The van der Waals surface area contributed by atoms with Crippen molar-refractivity contribution in [2.45, 2.75) is 146 Å². The molecule has 9 heteroatoms. The molecule has 1 fully saturated rings. The number of fused-ring (bicyclic) bond motifs is 2. The Labute approximate surface area is 314 Å². The molecule has 2 atom stereocenters. The summed E-state index contributed by atoms with van der Waals surface area (Å²) in [5.74, 6) is 1.15. The van der Waals surface area contributed by atoms with Crippen molar-refractivity contribution >= 4 is 33.7 Å². The lowest BCUT2D eigenvalue weighted by atomic mass is 9.79. The Hall–Kier alpha value is -3.35. The second-order valence-corrected chi connectivity index (χ2v) is 14.4. The summed E-state index contributed by atoms with van der Waals surface area (Å²) in [7, 11) is 0. The summed E-state index contributed by atoms with van der Waals surface area (Å²) in [6.07, 6.45) is 14.8. The van der Waals surface area contributed by atoms with Gasteiger partial charge in [0.15, 0.2) is 5.96 Å². The fourth-order valence-corrected chi connectivity index (χ4v) is 6.75. The molecule has 286 valence electrons. The van der Waals surface area contributed by atoms with Crippen molar-refractivity contribution in [2.75, 3.05) is 25.5 Å². The number of hydrogen-bond acceptors (Lipinski definition) is 8. The SMILES string of the molecule is C=C(C1=C(O)C2N=C(N3CCCC3C)NC=C2C2=C1COC2)c1c(/C(F)=C\C)sc(N)c1C#N.CC.CCCC.CCCC.CCCCC(C)C. The lowest BCUT2D eigenvalue weighted by Gasteiger charge is -2.34. The highest BCUT2D eigenvalue weighted by Gasteiger charge is 2.40. The van der Waals surface area contributed by atoms with Crippen LogP contribution in [0.5, 0.6) is 0 Å². The van der Waals surface area contributed by atoms with E-state index < -0.39 is 11.9 Å². The minimum Gasteiger partial charge on any atom is -0.509 e. The zero-order valence-corrected chi connectivity index (χ0v) is 34.5. The fourth-order valence-electron chi connectivity index (χ4n) is 5.74. The van der Waals surface area contributed by atoms with Crippen LogP contribution in [-0.2, 0) is 4.74 Å². The molecule has 4 aliphatic rings. The highest BCUT2D eigenvalue weighted by molar-refractivity contribution is 7.17. The summed E-state index contributed by atoms with van der Waals surface area (Å²) in [5.41, 5.74) is 9.88. The Morgan fingerprint density at radius 1 is 1.16 bits per heavy atom. The highest BCUT2D eigenvalue weighted by atomic mass is 32.1.